The SMILES string of the molecule is CC#CC(O)C1(C)CCCS1. The zero-order chi connectivity index (χ0) is 8.32. The van der Waals surface area contributed by atoms with Crippen molar-refractivity contribution in [2.45, 2.75) is 37.5 Å². The van der Waals surface area contributed by atoms with E-state index >= 15 is 0 Å². The first-order valence-corrected chi connectivity index (χ1v) is 4.92. The van der Waals surface area contributed by atoms with Gasteiger partial charge in [-0.15, -0.1) is 5.92 Å². The number of hydrogen-bond acceptors (Lipinski definition) is 2. The van der Waals surface area contributed by atoms with Gasteiger partial charge in [-0.2, -0.15) is 11.8 Å². The van der Waals surface area contributed by atoms with Gasteiger partial charge in [-0.3, -0.25) is 0 Å². The van der Waals surface area contributed by atoms with Gasteiger partial charge in [0.2, 0.25) is 0 Å². The Kier molecular flexibility index (Phi) is 2.86. The average molecular weight is 170 g/mol. The number of hydrogen-bond donors (Lipinski definition) is 1. The van der Waals surface area contributed by atoms with Crippen molar-refractivity contribution in [3.63, 3.8) is 0 Å². The van der Waals surface area contributed by atoms with Gasteiger partial charge in [-0.1, -0.05) is 5.92 Å². The molecule has 62 valence electrons. The minimum atomic E-state index is -0.444. The predicted octanol–water partition coefficient (Wildman–Crippen LogP) is 1.66. The summed E-state index contributed by atoms with van der Waals surface area (Å²) in [4.78, 5) is 0. The molecule has 0 saturated carbocycles. The van der Waals surface area contributed by atoms with Crippen LogP contribution >= 0.6 is 11.8 Å². The summed E-state index contributed by atoms with van der Waals surface area (Å²) in [7, 11) is 0. The molecule has 0 aromatic rings. The van der Waals surface area contributed by atoms with E-state index in [-0.39, 0.29) is 4.75 Å². The second-order valence-corrected chi connectivity index (χ2v) is 4.69. The molecule has 0 bridgehead atoms. The predicted molar refractivity (Wildman–Crippen MR) is 49.6 cm³/mol. The van der Waals surface area contributed by atoms with Crippen LogP contribution in [0.4, 0.5) is 0 Å². The lowest BCUT2D eigenvalue weighted by atomic mass is 9.99. The van der Waals surface area contributed by atoms with Crippen molar-refractivity contribution in [2.75, 3.05) is 5.75 Å². The van der Waals surface area contributed by atoms with Gasteiger partial charge < -0.3 is 5.11 Å². The molecule has 2 atom stereocenters. The van der Waals surface area contributed by atoms with Gasteiger partial charge in [-0.05, 0) is 32.4 Å². The van der Waals surface area contributed by atoms with Crippen molar-refractivity contribution in [3.05, 3.63) is 0 Å². The lowest BCUT2D eigenvalue weighted by molar-refractivity contribution is 0.188. The van der Waals surface area contributed by atoms with Gasteiger partial charge in [0.25, 0.3) is 0 Å². The molecule has 1 saturated heterocycles. The van der Waals surface area contributed by atoms with E-state index in [9.17, 15) is 5.11 Å². The molecule has 11 heavy (non-hydrogen) atoms. The minimum Gasteiger partial charge on any atom is -0.379 e. The third-order valence-electron chi connectivity index (χ3n) is 2.11. The van der Waals surface area contributed by atoms with Crippen LogP contribution in [0.5, 0.6) is 0 Å². The topological polar surface area (TPSA) is 20.2 Å². The first-order valence-electron chi connectivity index (χ1n) is 3.93. The second-order valence-electron chi connectivity index (χ2n) is 3.06. The maximum Gasteiger partial charge on any atom is 0.129 e. The zero-order valence-electron chi connectivity index (χ0n) is 7.05. The molecule has 1 aliphatic rings. The van der Waals surface area contributed by atoms with Crippen molar-refractivity contribution in [2.24, 2.45) is 0 Å². The summed E-state index contributed by atoms with van der Waals surface area (Å²) in [5.74, 6) is 6.73. The maximum absolute atomic E-state index is 9.61. The molecule has 0 aromatic heterocycles. The van der Waals surface area contributed by atoms with Crippen LogP contribution in [0.15, 0.2) is 0 Å². The number of aliphatic hydroxyl groups excluding tert-OH is 1. The highest BCUT2D eigenvalue weighted by molar-refractivity contribution is 8.00. The van der Waals surface area contributed by atoms with Crippen LogP contribution in [0, 0.1) is 11.8 Å². The van der Waals surface area contributed by atoms with E-state index in [1.54, 1.807) is 6.92 Å². The van der Waals surface area contributed by atoms with Crippen LogP contribution in [0.1, 0.15) is 26.7 Å². The monoisotopic (exact) mass is 170 g/mol. The van der Waals surface area contributed by atoms with Gasteiger partial charge in [-0.25, -0.2) is 0 Å². The first kappa shape index (κ1) is 8.96. The molecule has 2 unspecified atom stereocenters. The molecule has 2 heteroatoms. The molecule has 1 rings (SSSR count). The second kappa shape index (κ2) is 3.51. The highest BCUT2D eigenvalue weighted by Gasteiger charge is 2.35. The van der Waals surface area contributed by atoms with Gasteiger partial charge in [0.05, 0.1) is 4.75 Å². The van der Waals surface area contributed by atoms with Gasteiger partial charge in [0.1, 0.15) is 6.10 Å². The Bertz CT molecular complexity index is 183. The lowest BCUT2D eigenvalue weighted by Crippen LogP contribution is -2.32. The smallest absolute Gasteiger partial charge is 0.129 e. The highest BCUT2D eigenvalue weighted by atomic mass is 32.2. The van der Waals surface area contributed by atoms with E-state index in [4.69, 9.17) is 0 Å². The Morgan fingerprint density at radius 3 is 2.82 bits per heavy atom. The quantitative estimate of drug-likeness (QED) is 0.604. The first-order chi connectivity index (χ1) is 5.19. The molecule has 1 aliphatic heterocycles. The number of rotatable bonds is 1. The normalized spacial score (nSPS) is 32.6. The Labute approximate surface area is 72.6 Å². The highest BCUT2D eigenvalue weighted by Crippen LogP contribution is 2.40. The fourth-order valence-corrected chi connectivity index (χ4v) is 2.57. The molecular weight excluding hydrogens is 156 g/mol. The molecule has 0 radical (unpaired) electrons. The lowest BCUT2D eigenvalue weighted by Gasteiger charge is -2.24. The zero-order valence-corrected chi connectivity index (χ0v) is 7.87. The van der Waals surface area contributed by atoms with Crippen molar-refractivity contribution in [1.82, 2.24) is 0 Å². The molecule has 0 aromatic carbocycles. The van der Waals surface area contributed by atoms with E-state index in [1.807, 2.05) is 11.8 Å². The summed E-state index contributed by atoms with van der Waals surface area (Å²) in [6.45, 7) is 3.87. The van der Waals surface area contributed by atoms with Crippen molar-refractivity contribution < 1.29 is 5.11 Å². The third-order valence-corrected chi connectivity index (χ3v) is 3.69. The number of thioether (sulfide) groups is 1. The van der Waals surface area contributed by atoms with Gasteiger partial charge in [0.15, 0.2) is 0 Å². The maximum atomic E-state index is 9.61. The van der Waals surface area contributed by atoms with Crippen LogP contribution < -0.4 is 0 Å². The summed E-state index contributed by atoms with van der Waals surface area (Å²) >= 11 is 1.84. The summed E-state index contributed by atoms with van der Waals surface area (Å²) < 4.78 is 0.00299. The molecular formula is C9H14OS. The third kappa shape index (κ3) is 1.91. The Balaban J connectivity index is 2.60. The minimum absolute atomic E-state index is 0.00299. The summed E-state index contributed by atoms with van der Waals surface area (Å²) in [5.41, 5.74) is 0. The molecule has 0 amide bonds. The fourth-order valence-electron chi connectivity index (χ4n) is 1.31. The molecule has 1 N–H and O–H groups in total. The summed E-state index contributed by atoms with van der Waals surface area (Å²) in [6, 6.07) is 0. The van der Waals surface area contributed by atoms with E-state index in [0.29, 0.717) is 0 Å². The standard InChI is InChI=1S/C9H14OS/c1-3-5-8(10)9(2)6-4-7-11-9/h8,10H,4,6-7H2,1-2H3. The average Bonchev–Trinajstić information content (AvgIpc) is 2.38. The Morgan fingerprint density at radius 2 is 2.36 bits per heavy atom. The molecule has 1 fully saturated rings. The van der Waals surface area contributed by atoms with Gasteiger partial charge in [0, 0.05) is 0 Å². The largest absolute Gasteiger partial charge is 0.379 e. The van der Waals surface area contributed by atoms with Crippen LogP contribution in [-0.2, 0) is 0 Å². The fraction of sp³-hybridized carbons (Fsp3) is 0.778. The van der Waals surface area contributed by atoms with Crippen molar-refractivity contribution in [1.29, 1.82) is 0 Å². The van der Waals surface area contributed by atoms with Crippen molar-refractivity contribution >= 4 is 11.8 Å². The van der Waals surface area contributed by atoms with Gasteiger partial charge >= 0.3 is 0 Å². The summed E-state index contributed by atoms with van der Waals surface area (Å²) in [5, 5.41) is 9.61. The molecule has 0 aliphatic carbocycles. The number of aliphatic hydroxyl groups is 1. The molecule has 0 spiro atoms. The van der Waals surface area contributed by atoms with E-state index in [2.05, 4.69) is 18.8 Å². The van der Waals surface area contributed by atoms with E-state index in [0.717, 1.165) is 6.42 Å². The van der Waals surface area contributed by atoms with Crippen molar-refractivity contribution in [3.8, 4) is 11.8 Å². The van der Waals surface area contributed by atoms with Crippen LogP contribution in [0.3, 0.4) is 0 Å². The Hall–Kier alpha value is -0.130. The van der Waals surface area contributed by atoms with E-state index in [1.165, 1.54) is 12.2 Å². The molecule has 1 heterocycles. The Morgan fingerprint density at radius 1 is 1.64 bits per heavy atom. The van der Waals surface area contributed by atoms with Crippen LogP contribution in [-0.4, -0.2) is 21.7 Å². The summed E-state index contributed by atoms with van der Waals surface area (Å²) in [6.07, 6.45) is 1.86. The van der Waals surface area contributed by atoms with E-state index < -0.39 is 6.10 Å². The van der Waals surface area contributed by atoms with Crippen LogP contribution in [0.2, 0.25) is 0 Å². The molecule has 1 nitrogen and oxygen atoms in total. The van der Waals surface area contributed by atoms with Crippen LogP contribution in [0.25, 0.3) is 0 Å².